The molecule has 4 aromatic rings. The number of carbonyl (C=O) groups excluding carboxylic acids is 2. The number of aryl methyl sites for hydroxylation is 1. The van der Waals surface area contributed by atoms with Gasteiger partial charge >= 0.3 is 0 Å². The van der Waals surface area contributed by atoms with Gasteiger partial charge in [0.1, 0.15) is 0 Å². The zero-order valence-corrected chi connectivity index (χ0v) is 19.6. The second-order valence-corrected chi connectivity index (χ2v) is 8.87. The molecule has 1 saturated heterocycles. The number of benzene rings is 2. The fourth-order valence-electron chi connectivity index (χ4n) is 4.77. The van der Waals surface area contributed by atoms with E-state index in [0.29, 0.717) is 39.0 Å². The van der Waals surface area contributed by atoms with E-state index in [2.05, 4.69) is 10.1 Å². The summed E-state index contributed by atoms with van der Waals surface area (Å²) < 4.78 is 1.90. The Balaban J connectivity index is 1.19. The van der Waals surface area contributed by atoms with Gasteiger partial charge in [-0.15, -0.1) is 0 Å². The number of piperazine rings is 1. The molecule has 1 N–H and O–H groups in total. The smallest absolute Gasteiger partial charge is 0.227 e. The van der Waals surface area contributed by atoms with Crippen LogP contribution in [0.25, 0.3) is 16.6 Å². The Labute approximate surface area is 199 Å². The van der Waals surface area contributed by atoms with Gasteiger partial charge in [0.2, 0.25) is 11.8 Å². The summed E-state index contributed by atoms with van der Waals surface area (Å²) in [5.74, 6) is 0.190. The summed E-state index contributed by atoms with van der Waals surface area (Å²) in [6.45, 7) is 6.21. The first-order valence-corrected chi connectivity index (χ1v) is 11.7. The molecule has 0 saturated carbocycles. The van der Waals surface area contributed by atoms with Crippen molar-refractivity contribution in [1.29, 1.82) is 0 Å². The molecule has 0 spiro atoms. The van der Waals surface area contributed by atoms with Crippen LogP contribution in [0.2, 0.25) is 0 Å². The summed E-state index contributed by atoms with van der Waals surface area (Å²) in [5.41, 5.74) is 5.89. The van der Waals surface area contributed by atoms with E-state index in [1.54, 1.807) is 0 Å². The van der Waals surface area contributed by atoms with E-state index in [9.17, 15) is 9.59 Å². The van der Waals surface area contributed by atoms with Crippen LogP contribution in [0, 0.1) is 13.8 Å². The van der Waals surface area contributed by atoms with Crippen LogP contribution in [0.3, 0.4) is 0 Å². The summed E-state index contributed by atoms with van der Waals surface area (Å²) in [6, 6.07) is 18.0. The largest absolute Gasteiger partial charge is 0.361 e. The fourth-order valence-corrected chi connectivity index (χ4v) is 4.77. The van der Waals surface area contributed by atoms with E-state index in [1.165, 1.54) is 0 Å². The predicted molar refractivity (Wildman–Crippen MR) is 132 cm³/mol. The van der Waals surface area contributed by atoms with Gasteiger partial charge in [-0.05, 0) is 37.6 Å². The van der Waals surface area contributed by atoms with Gasteiger partial charge in [0, 0.05) is 54.5 Å². The first-order valence-electron chi connectivity index (χ1n) is 11.7. The van der Waals surface area contributed by atoms with Gasteiger partial charge in [0.15, 0.2) is 0 Å². The highest BCUT2D eigenvalue weighted by Crippen LogP contribution is 2.21. The lowest BCUT2D eigenvalue weighted by Gasteiger charge is -2.35. The van der Waals surface area contributed by atoms with Crippen molar-refractivity contribution in [1.82, 2.24) is 24.6 Å². The average molecular weight is 456 g/mol. The quantitative estimate of drug-likeness (QED) is 0.501. The van der Waals surface area contributed by atoms with Crippen LogP contribution in [0.1, 0.15) is 22.5 Å². The number of carbonyl (C=O) groups is 2. The van der Waals surface area contributed by atoms with E-state index < -0.39 is 0 Å². The van der Waals surface area contributed by atoms with Crippen LogP contribution >= 0.6 is 0 Å². The molecular weight excluding hydrogens is 426 g/mol. The molecule has 5 rings (SSSR count). The first kappa shape index (κ1) is 21.9. The number of nitrogens with one attached hydrogen (secondary N) is 1. The van der Waals surface area contributed by atoms with E-state index >= 15 is 0 Å². The number of hydrogen-bond donors (Lipinski definition) is 1. The second kappa shape index (κ2) is 9.17. The van der Waals surface area contributed by atoms with Crippen molar-refractivity contribution in [2.45, 2.75) is 26.7 Å². The summed E-state index contributed by atoms with van der Waals surface area (Å²) >= 11 is 0. The SMILES string of the molecule is Cc1nn(-c2ccccc2)c(C)c1CC(=O)N1CCN(C(=O)Cc2c[nH]c3ccccc23)CC1. The number of aromatic nitrogens is 3. The summed E-state index contributed by atoms with van der Waals surface area (Å²) in [5, 5.41) is 5.75. The third-order valence-electron chi connectivity index (χ3n) is 6.77. The zero-order chi connectivity index (χ0) is 23.7. The van der Waals surface area contributed by atoms with Gasteiger partial charge in [0.05, 0.1) is 24.2 Å². The minimum atomic E-state index is 0.0857. The highest BCUT2D eigenvalue weighted by Gasteiger charge is 2.26. The van der Waals surface area contributed by atoms with E-state index in [0.717, 1.165) is 39.1 Å². The maximum Gasteiger partial charge on any atom is 0.227 e. The van der Waals surface area contributed by atoms with Crippen LogP contribution < -0.4 is 0 Å². The molecule has 1 aliphatic heterocycles. The molecule has 3 heterocycles. The Morgan fingerprint density at radius 3 is 2.18 bits per heavy atom. The Hall–Kier alpha value is -3.87. The highest BCUT2D eigenvalue weighted by molar-refractivity contribution is 5.89. The lowest BCUT2D eigenvalue weighted by molar-refractivity contribution is -0.138. The Morgan fingerprint density at radius 2 is 1.47 bits per heavy atom. The van der Waals surface area contributed by atoms with Gasteiger partial charge < -0.3 is 14.8 Å². The van der Waals surface area contributed by atoms with Crippen molar-refractivity contribution in [2.24, 2.45) is 0 Å². The van der Waals surface area contributed by atoms with Gasteiger partial charge in [0.25, 0.3) is 0 Å². The van der Waals surface area contributed by atoms with E-state index in [-0.39, 0.29) is 11.8 Å². The number of H-pyrrole nitrogens is 1. The summed E-state index contributed by atoms with van der Waals surface area (Å²) in [7, 11) is 0. The van der Waals surface area contributed by atoms with Crippen molar-refractivity contribution in [2.75, 3.05) is 26.2 Å². The molecule has 2 aromatic carbocycles. The molecule has 1 aliphatic rings. The summed E-state index contributed by atoms with van der Waals surface area (Å²) in [6.07, 6.45) is 2.62. The number of aromatic amines is 1. The molecular formula is C27H29N5O2. The number of rotatable bonds is 5. The Bertz CT molecular complexity index is 1330. The molecule has 2 amide bonds. The van der Waals surface area contributed by atoms with Crippen LogP contribution in [0.5, 0.6) is 0 Å². The van der Waals surface area contributed by atoms with E-state index in [1.807, 2.05) is 89.1 Å². The molecule has 0 radical (unpaired) electrons. The van der Waals surface area contributed by atoms with Crippen molar-refractivity contribution < 1.29 is 9.59 Å². The maximum atomic E-state index is 13.1. The molecule has 34 heavy (non-hydrogen) atoms. The highest BCUT2D eigenvalue weighted by atomic mass is 16.2. The second-order valence-electron chi connectivity index (χ2n) is 8.87. The number of amides is 2. The number of para-hydroxylation sites is 2. The van der Waals surface area contributed by atoms with Crippen LogP contribution in [-0.2, 0) is 22.4 Å². The van der Waals surface area contributed by atoms with Gasteiger partial charge in [-0.3, -0.25) is 9.59 Å². The predicted octanol–water partition coefficient (Wildman–Crippen LogP) is 3.43. The zero-order valence-electron chi connectivity index (χ0n) is 19.6. The van der Waals surface area contributed by atoms with Gasteiger partial charge in [-0.25, -0.2) is 4.68 Å². The molecule has 0 bridgehead atoms. The number of fused-ring (bicyclic) bond motifs is 1. The number of hydrogen-bond acceptors (Lipinski definition) is 3. The lowest BCUT2D eigenvalue weighted by Crippen LogP contribution is -2.51. The molecule has 0 unspecified atom stereocenters. The third kappa shape index (κ3) is 4.21. The normalized spacial score (nSPS) is 14.1. The molecule has 7 heteroatoms. The van der Waals surface area contributed by atoms with E-state index in [4.69, 9.17) is 0 Å². The lowest BCUT2D eigenvalue weighted by atomic mass is 10.1. The van der Waals surface area contributed by atoms with Crippen molar-refractivity contribution in [3.8, 4) is 5.69 Å². The summed E-state index contributed by atoms with van der Waals surface area (Å²) in [4.78, 5) is 33.0. The molecule has 1 fully saturated rings. The minimum Gasteiger partial charge on any atom is -0.361 e. The molecule has 2 aromatic heterocycles. The number of nitrogens with zero attached hydrogens (tertiary/aromatic N) is 4. The third-order valence-corrected chi connectivity index (χ3v) is 6.77. The molecule has 174 valence electrons. The topological polar surface area (TPSA) is 74.2 Å². The standard InChI is InChI=1S/C27H29N5O2/c1-19-24(20(2)32(29-19)22-8-4-3-5-9-22)17-27(34)31-14-12-30(13-15-31)26(33)16-21-18-28-25-11-7-6-10-23(21)25/h3-11,18,28H,12-17H2,1-2H3. The maximum absolute atomic E-state index is 13.1. The Kier molecular flexibility index (Phi) is 5.92. The van der Waals surface area contributed by atoms with Gasteiger partial charge in [-0.2, -0.15) is 5.10 Å². The Morgan fingerprint density at radius 1 is 0.853 bits per heavy atom. The molecule has 0 aliphatic carbocycles. The van der Waals surface area contributed by atoms with Crippen LogP contribution in [0.4, 0.5) is 0 Å². The first-order chi connectivity index (χ1) is 16.5. The van der Waals surface area contributed by atoms with Crippen molar-refractivity contribution in [3.63, 3.8) is 0 Å². The van der Waals surface area contributed by atoms with Crippen LogP contribution in [0.15, 0.2) is 60.8 Å². The monoisotopic (exact) mass is 455 g/mol. The van der Waals surface area contributed by atoms with Gasteiger partial charge in [-0.1, -0.05) is 36.4 Å². The van der Waals surface area contributed by atoms with Crippen molar-refractivity contribution >= 4 is 22.7 Å². The fraction of sp³-hybridized carbons (Fsp3) is 0.296. The molecule has 0 atom stereocenters. The van der Waals surface area contributed by atoms with Crippen LogP contribution in [-0.4, -0.2) is 62.6 Å². The average Bonchev–Trinajstić information content (AvgIpc) is 3.40. The van der Waals surface area contributed by atoms with Crippen molar-refractivity contribution in [3.05, 3.63) is 83.3 Å². The minimum absolute atomic E-state index is 0.0857. The molecule has 7 nitrogen and oxygen atoms in total.